The summed E-state index contributed by atoms with van der Waals surface area (Å²) in [5.74, 6) is 2.00. The fourth-order valence-electron chi connectivity index (χ4n) is 5.06. The molecule has 2 aromatic rings. The molecule has 1 aromatic heterocycles. The summed E-state index contributed by atoms with van der Waals surface area (Å²) in [4.78, 5) is 23.7. The van der Waals surface area contributed by atoms with Crippen LogP contribution in [0.4, 0.5) is 16.6 Å². The van der Waals surface area contributed by atoms with Crippen molar-refractivity contribution in [2.75, 3.05) is 23.7 Å². The van der Waals surface area contributed by atoms with Crippen molar-refractivity contribution in [3.05, 3.63) is 35.0 Å². The zero-order valence-electron chi connectivity index (χ0n) is 19.4. The molecule has 7 nitrogen and oxygen atoms in total. The largest absolute Gasteiger partial charge is 0.444 e. The second kappa shape index (κ2) is 8.10. The highest BCUT2D eigenvalue weighted by Gasteiger charge is 2.48. The first-order valence-corrected chi connectivity index (χ1v) is 11.5. The van der Waals surface area contributed by atoms with Gasteiger partial charge in [-0.05, 0) is 64.9 Å². The van der Waals surface area contributed by atoms with Crippen LogP contribution in [-0.2, 0) is 4.74 Å². The number of hydrogen-bond acceptors (Lipinski definition) is 6. The van der Waals surface area contributed by atoms with Crippen LogP contribution in [0.5, 0.6) is 0 Å². The minimum atomic E-state index is -0.502. The van der Waals surface area contributed by atoms with Gasteiger partial charge >= 0.3 is 6.09 Å². The van der Waals surface area contributed by atoms with E-state index in [1.165, 1.54) is 0 Å². The topological polar surface area (TPSA) is 93.4 Å². The van der Waals surface area contributed by atoms with E-state index in [4.69, 9.17) is 22.1 Å². The number of nitrogens with one attached hydrogen (secondary N) is 1. The first-order valence-electron chi connectivity index (χ1n) is 11.1. The monoisotopic (exact) mass is 457 g/mol. The van der Waals surface area contributed by atoms with Gasteiger partial charge in [0, 0.05) is 36.0 Å². The van der Waals surface area contributed by atoms with E-state index in [-0.39, 0.29) is 11.6 Å². The van der Waals surface area contributed by atoms with Crippen molar-refractivity contribution in [1.82, 2.24) is 15.3 Å². The number of anilines is 2. The van der Waals surface area contributed by atoms with Gasteiger partial charge < -0.3 is 20.7 Å². The highest BCUT2D eigenvalue weighted by atomic mass is 35.5. The maximum absolute atomic E-state index is 12.3. The molecule has 3 N–H and O–H groups in total. The van der Waals surface area contributed by atoms with E-state index in [0.29, 0.717) is 28.6 Å². The quantitative estimate of drug-likeness (QED) is 0.686. The highest BCUT2D eigenvalue weighted by Crippen LogP contribution is 2.45. The smallest absolute Gasteiger partial charge is 0.408 e. The van der Waals surface area contributed by atoms with Gasteiger partial charge in [0.25, 0.3) is 0 Å². The average molecular weight is 458 g/mol. The number of hydrogen-bond donors (Lipinski definition) is 2. The summed E-state index contributed by atoms with van der Waals surface area (Å²) in [5.41, 5.74) is 8.13. The van der Waals surface area contributed by atoms with E-state index < -0.39 is 5.60 Å². The van der Waals surface area contributed by atoms with Gasteiger partial charge in [-0.3, -0.25) is 0 Å². The van der Waals surface area contributed by atoms with Crippen LogP contribution in [0.15, 0.2) is 24.4 Å². The summed E-state index contributed by atoms with van der Waals surface area (Å²) in [6, 6.07) is 5.85. The summed E-state index contributed by atoms with van der Waals surface area (Å²) >= 11 is 6.47. The van der Waals surface area contributed by atoms with Crippen LogP contribution in [0, 0.1) is 18.8 Å². The number of aryl methyl sites for hydroxylation is 1. The first-order chi connectivity index (χ1) is 14.9. The summed E-state index contributed by atoms with van der Waals surface area (Å²) in [6.45, 7) is 11.4. The van der Waals surface area contributed by atoms with Crippen LogP contribution in [-0.4, -0.2) is 40.3 Å². The van der Waals surface area contributed by atoms with Crippen molar-refractivity contribution < 1.29 is 9.53 Å². The molecular formula is C24H32ClN5O2. The number of ether oxygens (including phenoxy) is 1. The third-order valence-electron chi connectivity index (χ3n) is 6.37. The maximum Gasteiger partial charge on any atom is 0.408 e. The van der Waals surface area contributed by atoms with Gasteiger partial charge in [-0.15, -0.1) is 0 Å². The Morgan fingerprint density at radius 1 is 1.25 bits per heavy atom. The normalized spacial score (nSPS) is 25.0. The van der Waals surface area contributed by atoms with Crippen molar-refractivity contribution in [2.24, 2.45) is 11.8 Å². The van der Waals surface area contributed by atoms with E-state index in [2.05, 4.69) is 27.1 Å². The fourth-order valence-corrected chi connectivity index (χ4v) is 5.29. The van der Waals surface area contributed by atoms with Crippen LogP contribution in [0.25, 0.3) is 11.1 Å². The molecule has 1 aliphatic heterocycles. The molecule has 1 amide bonds. The Labute approximate surface area is 194 Å². The standard InChI is InChI=1S/C24H32ClN5O2/c1-14-7-6-8-17(19(14)25)18-11-27-21(28-20(18)26)30-12-15-9-24(5,10-16(15)13-30)29-22(31)32-23(2,3)4/h6-8,11,15-16H,9-10,12-13H2,1-5H3,(H,29,31)(H2,26,27,28)/t15-,16+,24-. The van der Waals surface area contributed by atoms with Crippen molar-refractivity contribution in [3.63, 3.8) is 0 Å². The van der Waals surface area contributed by atoms with E-state index in [9.17, 15) is 4.79 Å². The molecular weight excluding hydrogens is 426 g/mol. The minimum Gasteiger partial charge on any atom is -0.444 e. The number of alkyl carbamates (subject to hydrolysis) is 1. The van der Waals surface area contributed by atoms with Gasteiger partial charge in [-0.1, -0.05) is 29.8 Å². The maximum atomic E-state index is 12.3. The third-order valence-corrected chi connectivity index (χ3v) is 6.88. The van der Waals surface area contributed by atoms with Crippen LogP contribution < -0.4 is 16.0 Å². The molecule has 2 heterocycles. The number of benzene rings is 1. The Bertz CT molecular complexity index is 1020. The highest BCUT2D eigenvalue weighted by molar-refractivity contribution is 6.34. The summed E-state index contributed by atoms with van der Waals surface area (Å²) in [6.07, 6.45) is 3.22. The van der Waals surface area contributed by atoms with Crippen LogP contribution in [0.1, 0.15) is 46.1 Å². The lowest BCUT2D eigenvalue weighted by Crippen LogP contribution is -2.47. The first kappa shape index (κ1) is 22.6. The number of carbonyl (C=O) groups is 1. The van der Waals surface area contributed by atoms with Gasteiger partial charge in [0.2, 0.25) is 5.95 Å². The molecule has 0 radical (unpaired) electrons. The number of nitrogens with two attached hydrogens (primary N) is 1. The number of fused-ring (bicyclic) bond motifs is 1. The molecule has 4 rings (SSSR count). The SMILES string of the molecule is Cc1cccc(-c2cnc(N3C[C@@H]4C[C@](C)(NC(=O)OC(C)(C)C)C[C@@H]4C3)nc2N)c1Cl. The Balaban J connectivity index is 1.43. The molecule has 32 heavy (non-hydrogen) atoms. The van der Waals surface area contributed by atoms with Gasteiger partial charge in [-0.2, -0.15) is 4.98 Å². The molecule has 1 aromatic carbocycles. The summed E-state index contributed by atoms with van der Waals surface area (Å²) in [5, 5.41) is 3.77. The number of amides is 1. The van der Waals surface area contributed by atoms with E-state index >= 15 is 0 Å². The van der Waals surface area contributed by atoms with E-state index in [1.807, 2.05) is 45.9 Å². The minimum absolute atomic E-state index is 0.255. The van der Waals surface area contributed by atoms with Crippen molar-refractivity contribution in [1.29, 1.82) is 0 Å². The predicted molar refractivity (Wildman–Crippen MR) is 128 cm³/mol. The number of nitrogens with zero attached hydrogens (tertiary/aromatic N) is 3. The second-order valence-electron chi connectivity index (χ2n) is 10.4. The van der Waals surface area contributed by atoms with Crippen LogP contribution >= 0.6 is 11.6 Å². The van der Waals surface area contributed by atoms with Gasteiger partial charge in [0.05, 0.1) is 5.02 Å². The average Bonchev–Trinajstić information content (AvgIpc) is 3.17. The number of aromatic nitrogens is 2. The number of nitrogen functional groups attached to an aromatic ring is 1. The molecule has 0 bridgehead atoms. The van der Waals surface area contributed by atoms with Gasteiger partial charge in [0.1, 0.15) is 11.4 Å². The number of rotatable bonds is 3. The molecule has 0 spiro atoms. The third kappa shape index (κ3) is 4.63. The van der Waals surface area contributed by atoms with Crippen molar-refractivity contribution >= 4 is 29.5 Å². The molecule has 1 aliphatic carbocycles. The van der Waals surface area contributed by atoms with Crippen molar-refractivity contribution in [2.45, 2.75) is 58.6 Å². The molecule has 2 fully saturated rings. The molecule has 172 valence electrons. The Morgan fingerprint density at radius 2 is 1.91 bits per heavy atom. The molecule has 0 unspecified atom stereocenters. The summed E-state index contributed by atoms with van der Waals surface area (Å²) < 4.78 is 5.45. The molecule has 8 heteroatoms. The second-order valence-corrected chi connectivity index (χ2v) is 10.8. The lowest BCUT2D eigenvalue weighted by Gasteiger charge is -2.30. The molecule has 1 saturated heterocycles. The number of carbonyl (C=O) groups excluding carboxylic acids is 1. The van der Waals surface area contributed by atoms with Crippen LogP contribution in [0.3, 0.4) is 0 Å². The lowest BCUT2D eigenvalue weighted by molar-refractivity contribution is 0.0462. The molecule has 1 saturated carbocycles. The fraction of sp³-hybridized carbons (Fsp3) is 0.542. The Morgan fingerprint density at radius 3 is 2.50 bits per heavy atom. The Kier molecular flexibility index (Phi) is 5.74. The van der Waals surface area contributed by atoms with E-state index in [0.717, 1.165) is 42.6 Å². The van der Waals surface area contributed by atoms with Crippen LogP contribution in [0.2, 0.25) is 5.02 Å². The molecule has 3 atom stereocenters. The molecule has 2 aliphatic rings. The zero-order valence-corrected chi connectivity index (χ0v) is 20.2. The van der Waals surface area contributed by atoms with E-state index in [1.54, 1.807) is 6.20 Å². The Hall–Kier alpha value is -2.54. The summed E-state index contributed by atoms with van der Waals surface area (Å²) in [7, 11) is 0. The lowest BCUT2D eigenvalue weighted by atomic mass is 9.98. The van der Waals surface area contributed by atoms with Gasteiger partial charge in [0.15, 0.2) is 0 Å². The predicted octanol–water partition coefficient (Wildman–Crippen LogP) is 4.82. The zero-order chi connectivity index (χ0) is 23.3. The number of halogens is 1. The van der Waals surface area contributed by atoms with Gasteiger partial charge in [-0.25, -0.2) is 9.78 Å². The van der Waals surface area contributed by atoms with Crippen molar-refractivity contribution in [3.8, 4) is 11.1 Å².